The second-order valence-corrected chi connectivity index (χ2v) is 7.65. The molecule has 3 aromatic carbocycles. The second-order valence-electron chi connectivity index (χ2n) is 7.24. The Labute approximate surface area is 185 Å². The molecule has 0 aliphatic carbocycles. The fraction of sp³-hybridized carbons (Fsp3) is 0.120. The Morgan fingerprint density at radius 1 is 1.06 bits per heavy atom. The number of halogens is 1. The third-order valence-electron chi connectivity index (χ3n) is 5.30. The van der Waals surface area contributed by atoms with Crippen LogP contribution in [0.4, 0.5) is 0 Å². The van der Waals surface area contributed by atoms with E-state index in [1.807, 2.05) is 61.5 Å². The van der Waals surface area contributed by atoms with Crippen LogP contribution in [-0.4, -0.2) is 21.8 Å². The van der Waals surface area contributed by atoms with E-state index in [4.69, 9.17) is 11.6 Å². The van der Waals surface area contributed by atoms with Crippen molar-refractivity contribution in [3.63, 3.8) is 0 Å². The van der Waals surface area contributed by atoms with Gasteiger partial charge in [-0.2, -0.15) is 5.10 Å². The van der Waals surface area contributed by atoms with Crippen LogP contribution in [0.25, 0.3) is 10.9 Å². The van der Waals surface area contributed by atoms with Crippen molar-refractivity contribution in [2.75, 3.05) is 0 Å². The predicted molar refractivity (Wildman–Crippen MR) is 124 cm³/mol. The van der Waals surface area contributed by atoms with Crippen molar-refractivity contribution in [1.82, 2.24) is 9.99 Å². The molecule has 0 radical (unpaired) electrons. The van der Waals surface area contributed by atoms with Gasteiger partial charge in [-0.1, -0.05) is 78.3 Å². The molecule has 0 saturated heterocycles. The van der Waals surface area contributed by atoms with Crippen molar-refractivity contribution < 1.29 is 9.90 Å². The van der Waals surface area contributed by atoms with Crippen LogP contribution in [0.3, 0.4) is 0 Å². The van der Waals surface area contributed by atoms with Crippen molar-refractivity contribution in [1.29, 1.82) is 0 Å². The first kappa shape index (κ1) is 20.8. The molecular weight excluding hydrogens is 410 g/mol. The predicted octanol–water partition coefficient (Wildman–Crippen LogP) is 4.84. The van der Waals surface area contributed by atoms with Crippen molar-refractivity contribution in [2.45, 2.75) is 19.6 Å². The van der Waals surface area contributed by atoms with Gasteiger partial charge in [0.2, 0.25) is 0 Å². The number of carbonyl (C=O) groups is 1. The number of nitrogens with zero attached hydrogens (tertiary/aromatic N) is 2. The Balaban J connectivity index is 1.60. The first-order valence-corrected chi connectivity index (χ1v) is 10.3. The Hall–Kier alpha value is -3.41. The number of carbonyl (C=O) groups excluding carboxylic acids is 1. The first-order valence-electron chi connectivity index (χ1n) is 9.93. The summed E-state index contributed by atoms with van der Waals surface area (Å²) in [5, 5.41) is 16.1. The van der Waals surface area contributed by atoms with Gasteiger partial charge in [0.25, 0.3) is 5.91 Å². The third-order valence-corrected chi connectivity index (χ3v) is 5.67. The number of hydrogen-bond donors (Lipinski definition) is 2. The lowest BCUT2D eigenvalue weighted by molar-refractivity contribution is -0.129. The summed E-state index contributed by atoms with van der Waals surface area (Å²) in [7, 11) is 0. The molecule has 0 aliphatic heterocycles. The molecule has 0 unspecified atom stereocenters. The number of fused-ring (bicyclic) bond motifs is 1. The molecule has 0 aliphatic rings. The lowest BCUT2D eigenvalue weighted by Crippen LogP contribution is -2.25. The van der Waals surface area contributed by atoms with Crippen LogP contribution in [0.5, 0.6) is 0 Å². The SMILES string of the molecule is Cc1c(/C=N\NC(=O)[C@H](O)c2ccccc2)c2ccccc2n1Cc1ccccc1Cl. The number of hydrogen-bond acceptors (Lipinski definition) is 3. The first-order chi connectivity index (χ1) is 15.1. The van der Waals surface area contributed by atoms with E-state index in [9.17, 15) is 9.90 Å². The van der Waals surface area contributed by atoms with E-state index in [1.165, 1.54) is 0 Å². The molecule has 0 bridgehead atoms. The standard InChI is InChI=1S/C25H22ClN3O2/c1-17-21(15-27-28-25(31)24(30)18-9-3-2-4-10-18)20-12-6-8-14-23(20)29(17)16-19-11-5-7-13-22(19)26/h2-15,24,30H,16H2,1H3,(H,28,31)/b27-15-/t24-/m1/s1. The zero-order valence-corrected chi connectivity index (χ0v) is 17.8. The monoisotopic (exact) mass is 431 g/mol. The largest absolute Gasteiger partial charge is 0.378 e. The number of para-hydroxylation sites is 1. The van der Waals surface area contributed by atoms with Crippen molar-refractivity contribution in [2.24, 2.45) is 5.10 Å². The normalized spacial score (nSPS) is 12.4. The van der Waals surface area contributed by atoms with Crippen LogP contribution in [0.2, 0.25) is 5.02 Å². The average molecular weight is 432 g/mol. The Kier molecular flexibility index (Phi) is 6.16. The summed E-state index contributed by atoms with van der Waals surface area (Å²) >= 11 is 6.37. The molecule has 6 heteroatoms. The lowest BCUT2D eigenvalue weighted by Gasteiger charge is -2.10. The fourth-order valence-electron chi connectivity index (χ4n) is 3.63. The highest BCUT2D eigenvalue weighted by molar-refractivity contribution is 6.31. The van der Waals surface area contributed by atoms with Crippen LogP contribution in [-0.2, 0) is 11.3 Å². The van der Waals surface area contributed by atoms with Crippen LogP contribution in [0, 0.1) is 6.92 Å². The van der Waals surface area contributed by atoms with E-state index in [2.05, 4.69) is 15.1 Å². The van der Waals surface area contributed by atoms with E-state index < -0.39 is 12.0 Å². The number of nitrogens with one attached hydrogen (secondary N) is 1. The summed E-state index contributed by atoms with van der Waals surface area (Å²) in [6.07, 6.45) is 0.345. The van der Waals surface area contributed by atoms with Gasteiger partial charge in [0.05, 0.1) is 6.21 Å². The minimum Gasteiger partial charge on any atom is -0.378 e. The molecule has 4 aromatic rings. The van der Waals surface area contributed by atoms with Crippen molar-refractivity contribution in [3.05, 3.63) is 106 Å². The number of benzene rings is 3. The van der Waals surface area contributed by atoms with Crippen LogP contribution < -0.4 is 5.43 Å². The van der Waals surface area contributed by atoms with Crippen LogP contribution in [0.1, 0.15) is 28.5 Å². The Morgan fingerprint density at radius 3 is 2.52 bits per heavy atom. The fourth-order valence-corrected chi connectivity index (χ4v) is 3.83. The zero-order chi connectivity index (χ0) is 21.8. The maximum Gasteiger partial charge on any atom is 0.273 e. The molecule has 4 rings (SSSR count). The van der Waals surface area contributed by atoms with Gasteiger partial charge in [0.1, 0.15) is 0 Å². The Morgan fingerprint density at radius 2 is 1.74 bits per heavy atom. The van der Waals surface area contributed by atoms with Crippen molar-refractivity contribution in [3.8, 4) is 0 Å². The zero-order valence-electron chi connectivity index (χ0n) is 17.0. The molecule has 0 fully saturated rings. The van der Waals surface area contributed by atoms with Crippen LogP contribution in [0.15, 0.2) is 84.0 Å². The van der Waals surface area contributed by atoms with E-state index in [0.717, 1.165) is 32.7 Å². The van der Waals surface area contributed by atoms with Gasteiger partial charge in [-0.3, -0.25) is 4.79 Å². The molecule has 1 aromatic heterocycles. The van der Waals surface area contributed by atoms with Gasteiger partial charge in [-0.15, -0.1) is 0 Å². The molecule has 1 amide bonds. The Bertz CT molecular complexity index is 1250. The molecule has 156 valence electrons. The third kappa shape index (κ3) is 4.38. The average Bonchev–Trinajstić information content (AvgIpc) is 3.06. The molecule has 5 nitrogen and oxygen atoms in total. The number of aliphatic hydroxyl groups excluding tert-OH is 1. The van der Waals surface area contributed by atoms with Gasteiger partial charge in [0, 0.05) is 33.7 Å². The number of aromatic nitrogens is 1. The summed E-state index contributed by atoms with van der Waals surface area (Å²) in [5.74, 6) is -0.583. The highest BCUT2D eigenvalue weighted by Crippen LogP contribution is 2.27. The molecule has 31 heavy (non-hydrogen) atoms. The summed E-state index contributed by atoms with van der Waals surface area (Å²) < 4.78 is 2.18. The second kappa shape index (κ2) is 9.16. The minimum absolute atomic E-state index is 0.516. The molecule has 1 atom stereocenters. The summed E-state index contributed by atoms with van der Waals surface area (Å²) in [5.41, 5.74) is 6.94. The van der Waals surface area contributed by atoms with Gasteiger partial charge < -0.3 is 9.67 Å². The smallest absolute Gasteiger partial charge is 0.273 e. The van der Waals surface area contributed by atoms with Crippen LogP contribution >= 0.6 is 11.6 Å². The summed E-state index contributed by atoms with van der Waals surface area (Å²) in [4.78, 5) is 12.3. The lowest BCUT2D eigenvalue weighted by atomic mass is 10.1. The molecule has 0 saturated carbocycles. The van der Waals surface area contributed by atoms with E-state index in [-0.39, 0.29) is 0 Å². The van der Waals surface area contributed by atoms with E-state index in [1.54, 1.807) is 30.5 Å². The van der Waals surface area contributed by atoms with Gasteiger partial charge >= 0.3 is 0 Å². The quantitative estimate of drug-likeness (QED) is 0.339. The molecular formula is C25H22ClN3O2. The molecule has 0 spiro atoms. The van der Waals surface area contributed by atoms with Gasteiger partial charge in [-0.25, -0.2) is 5.43 Å². The maximum atomic E-state index is 12.3. The minimum atomic E-state index is -1.28. The topological polar surface area (TPSA) is 66.6 Å². The summed E-state index contributed by atoms with van der Waals surface area (Å²) in [6.45, 7) is 2.64. The van der Waals surface area contributed by atoms with Gasteiger partial charge in [0.15, 0.2) is 6.10 Å². The number of hydrazone groups is 1. The maximum absolute atomic E-state index is 12.3. The van der Waals surface area contributed by atoms with E-state index in [0.29, 0.717) is 12.1 Å². The number of amides is 1. The highest BCUT2D eigenvalue weighted by atomic mass is 35.5. The number of rotatable bonds is 6. The van der Waals surface area contributed by atoms with E-state index >= 15 is 0 Å². The molecule has 2 N–H and O–H groups in total. The summed E-state index contributed by atoms with van der Waals surface area (Å²) in [6, 6.07) is 24.6. The highest BCUT2D eigenvalue weighted by Gasteiger charge is 2.17. The van der Waals surface area contributed by atoms with Crippen molar-refractivity contribution >= 4 is 34.6 Å². The molecule has 1 heterocycles. The van der Waals surface area contributed by atoms with Gasteiger partial charge in [-0.05, 0) is 30.2 Å². The number of aliphatic hydroxyl groups is 1.